The average Bonchev–Trinajstić information content (AvgIpc) is 2.93. The second-order valence-corrected chi connectivity index (χ2v) is 23.4. The molecule has 0 aliphatic heterocycles. The molecule has 2 aromatic carbocycles. The molecular formula is C42H60P2. The van der Waals surface area contributed by atoms with Crippen LogP contribution in [0.3, 0.4) is 0 Å². The quantitative estimate of drug-likeness (QED) is 0.280. The van der Waals surface area contributed by atoms with Crippen molar-refractivity contribution in [1.29, 1.82) is 0 Å². The summed E-state index contributed by atoms with van der Waals surface area (Å²) in [7, 11) is 3.39. The predicted octanol–water partition coefficient (Wildman–Crippen LogP) is 12.4. The Labute approximate surface area is 273 Å². The molecule has 44 heavy (non-hydrogen) atoms. The lowest BCUT2D eigenvalue weighted by molar-refractivity contribution is 0.0184. The molecule has 8 fully saturated rings. The first-order chi connectivity index (χ1) is 20.8. The normalized spacial score (nSPS) is 38.3. The largest absolute Gasteiger partial charge is 0.125 e. The number of benzene rings is 2. The van der Waals surface area contributed by atoms with Crippen LogP contribution < -0.4 is 0 Å². The van der Waals surface area contributed by atoms with Gasteiger partial charge in [-0.05, 0) is 162 Å². The van der Waals surface area contributed by atoms with E-state index in [1.165, 1.54) is 17.3 Å². The highest BCUT2D eigenvalue weighted by Crippen LogP contribution is 2.80. The summed E-state index contributed by atoms with van der Waals surface area (Å²) in [4.78, 5) is 0. The maximum absolute atomic E-state index is 3.50. The van der Waals surface area contributed by atoms with Crippen molar-refractivity contribution in [2.45, 2.75) is 140 Å². The van der Waals surface area contributed by atoms with E-state index in [-0.39, 0.29) is 23.9 Å². The minimum absolute atomic E-state index is 0.00546. The Morgan fingerprint density at radius 2 is 1.00 bits per heavy atom. The van der Waals surface area contributed by atoms with Gasteiger partial charge < -0.3 is 0 Å². The fourth-order valence-corrected chi connectivity index (χ4v) is 19.1. The van der Waals surface area contributed by atoms with Gasteiger partial charge in [-0.1, -0.05) is 98.0 Å². The van der Waals surface area contributed by atoms with Crippen molar-refractivity contribution in [2.75, 3.05) is 0 Å². The van der Waals surface area contributed by atoms with Crippen molar-refractivity contribution < 1.29 is 0 Å². The second kappa shape index (κ2) is 10.4. The first-order valence-electron chi connectivity index (χ1n) is 18.5. The SMILES string of the molecule is CC(C)(C)C(P)(c1ccc(-c2ccccc2)cc1CP(C12CC3CC(CC(C3)C1)C2)C12CC3CC(CC(C3)C1)C2)C(C)(C)C. The third kappa shape index (κ3) is 4.79. The van der Waals surface area contributed by atoms with Crippen LogP contribution in [0.5, 0.6) is 0 Å². The predicted molar refractivity (Wildman–Crippen MR) is 195 cm³/mol. The Kier molecular flexibility index (Phi) is 7.24. The number of hydrogen-bond acceptors (Lipinski definition) is 0. The minimum atomic E-state index is -0.111. The first-order valence-corrected chi connectivity index (χ1v) is 20.6. The zero-order valence-electron chi connectivity index (χ0n) is 28.8. The Morgan fingerprint density at radius 1 is 0.591 bits per heavy atom. The zero-order chi connectivity index (χ0) is 30.7. The van der Waals surface area contributed by atoms with Crippen molar-refractivity contribution in [3.05, 3.63) is 59.7 Å². The summed E-state index contributed by atoms with van der Waals surface area (Å²) >= 11 is 0. The van der Waals surface area contributed by atoms with Gasteiger partial charge >= 0.3 is 0 Å². The number of rotatable bonds is 6. The standard InChI is InChI=1S/C42H60P2/c1-38(2,3)42(43,39(4,5)6)37-13-12-35(34-10-8-7-9-11-34)20-36(37)27-44(40-21-28-14-29(22-40)16-30(15-28)23-40)41-24-31-17-32(25-41)19-33(18-31)26-41/h7-13,20,28-33H,14-19,21-27,43H2,1-6H3. The lowest BCUT2D eigenvalue weighted by atomic mass is 9.55. The van der Waals surface area contributed by atoms with Gasteiger partial charge in [0.2, 0.25) is 0 Å². The molecule has 8 saturated carbocycles. The van der Waals surface area contributed by atoms with Crippen LogP contribution in [0, 0.1) is 46.3 Å². The first kappa shape index (κ1) is 30.6. The van der Waals surface area contributed by atoms with Crippen LogP contribution in [0.2, 0.25) is 0 Å². The molecule has 0 heterocycles. The zero-order valence-corrected chi connectivity index (χ0v) is 30.8. The van der Waals surface area contributed by atoms with Gasteiger partial charge in [-0.2, -0.15) is 0 Å². The molecule has 0 N–H and O–H groups in total. The van der Waals surface area contributed by atoms with Crippen LogP contribution in [0.1, 0.15) is 130 Å². The van der Waals surface area contributed by atoms with Gasteiger partial charge in [0.05, 0.1) is 0 Å². The van der Waals surface area contributed by atoms with E-state index >= 15 is 0 Å². The van der Waals surface area contributed by atoms with Crippen LogP contribution in [-0.2, 0) is 11.3 Å². The Bertz CT molecular complexity index is 1260. The van der Waals surface area contributed by atoms with E-state index in [1.807, 2.05) is 0 Å². The van der Waals surface area contributed by atoms with Gasteiger partial charge in [0.15, 0.2) is 0 Å². The van der Waals surface area contributed by atoms with E-state index in [9.17, 15) is 0 Å². The van der Waals surface area contributed by atoms with Gasteiger partial charge in [0.25, 0.3) is 0 Å². The molecule has 0 aromatic heterocycles. The maximum Gasteiger partial charge on any atom is 0.0196 e. The third-order valence-corrected chi connectivity index (χ3v) is 20.6. The molecule has 0 radical (unpaired) electrons. The molecule has 238 valence electrons. The van der Waals surface area contributed by atoms with Crippen LogP contribution in [0.4, 0.5) is 0 Å². The van der Waals surface area contributed by atoms with Crippen LogP contribution in [0.25, 0.3) is 11.1 Å². The lowest BCUT2D eigenvalue weighted by Gasteiger charge is -2.68. The second-order valence-electron chi connectivity index (χ2n) is 19.4. The molecule has 0 nitrogen and oxygen atoms in total. The van der Waals surface area contributed by atoms with Crippen molar-refractivity contribution in [1.82, 2.24) is 0 Å². The van der Waals surface area contributed by atoms with E-state index in [0.29, 0.717) is 10.3 Å². The summed E-state index contributed by atoms with van der Waals surface area (Å²) in [6.07, 6.45) is 20.3. The molecule has 2 heteroatoms. The van der Waals surface area contributed by atoms with E-state index < -0.39 is 0 Å². The topological polar surface area (TPSA) is 0 Å². The maximum atomic E-state index is 3.50. The molecule has 0 amide bonds. The Hall–Kier alpha value is -0.700. The van der Waals surface area contributed by atoms with Crippen LogP contribution in [0.15, 0.2) is 48.5 Å². The van der Waals surface area contributed by atoms with Crippen molar-refractivity contribution >= 4 is 17.2 Å². The lowest BCUT2D eigenvalue weighted by Crippen LogP contribution is -2.56. The molecule has 0 saturated heterocycles. The van der Waals surface area contributed by atoms with Crippen molar-refractivity contribution in [2.24, 2.45) is 46.3 Å². The van der Waals surface area contributed by atoms with E-state index in [2.05, 4.69) is 99.3 Å². The van der Waals surface area contributed by atoms with Gasteiger partial charge in [-0.25, -0.2) is 0 Å². The Balaban J connectivity index is 1.31. The van der Waals surface area contributed by atoms with E-state index in [0.717, 1.165) is 35.5 Å². The number of hydrogen-bond donors (Lipinski definition) is 0. The summed E-state index contributed by atoms with van der Waals surface area (Å²) in [6, 6.07) is 19.1. The molecule has 2 aromatic rings. The molecule has 0 spiro atoms. The van der Waals surface area contributed by atoms with E-state index in [4.69, 9.17) is 0 Å². The molecule has 1 atom stereocenters. The Morgan fingerprint density at radius 3 is 1.39 bits per heavy atom. The summed E-state index contributed by atoms with van der Waals surface area (Å²) in [5.41, 5.74) is 6.44. The molecule has 10 rings (SSSR count). The fraction of sp³-hybridized carbons (Fsp3) is 0.714. The molecule has 8 aliphatic carbocycles. The van der Waals surface area contributed by atoms with E-state index in [1.54, 1.807) is 88.2 Å². The fourth-order valence-electron chi connectivity index (χ4n) is 13.7. The highest BCUT2D eigenvalue weighted by atomic mass is 31.1. The summed E-state index contributed by atoms with van der Waals surface area (Å²) in [6.45, 7) is 15.0. The average molecular weight is 627 g/mol. The van der Waals surface area contributed by atoms with Gasteiger partial charge in [-0.3, -0.25) is 0 Å². The smallest absolute Gasteiger partial charge is 0.0196 e. The molecule has 8 aliphatic rings. The molecular weight excluding hydrogens is 566 g/mol. The van der Waals surface area contributed by atoms with Gasteiger partial charge in [-0.15, -0.1) is 9.24 Å². The highest BCUT2D eigenvalue weighted by Gasteiger charge is 2.63. The summed E-state index contributed by atoms with van der Waals surface area (Å²) in [5.74, 6) is 6.25. The van der Waals surface area contributed by atoms with Crippen molar-refractivity contribution in [3.8, 4) is 11.1 Å². The minimum Gasteiger partial charge on any atom is -0.125 e. The summed E-state index contributed by atoms with van der Waals surface area (Å²) < 4.78 is 0. The van der Waals surface area contributed by atoms with Gasteiger partial charge in [0.1, 0.15) is 0 Å². The third-order valence-electron chi connectivity index (χ3n) is 14.5. The highest BCUT2D eigenvalue weighted by molar-refractivity contribution is 7.60. The van der Waals surface area contributed by atoms with Crippen LogP contribution >= 0.6 is 17.2 Å². The molecule has 8 bridgehead atoms. The van der Waals surface area contributed by atoms with Crippen molar-refractivity contribution in [3.63, 3.8) is 0 Å². The van der Waals surface area contributed by atoms with Gasteiger partial charge in [0, 0.05) is 5.16 Å². The molecule has 1 unspecified atom stereocenters. The van der Waals surface area contributed by atoms with Crippen LogP contribution in [-0.4, -0.2) is 10.3 Å². The summed E-state index contributed by atoms with van der Waals surface area (Å²) in [5, 5.41) is 1.31. The monoisotopic (exact) mass is 626 g/mol.